The van der Waals surface area contributed by atoms with Crippen LogP contribution in [0.15, 0.2) is 53.4 Å². The number of halogens is 1. The minimum atomic E-state index is -3.84. The van der Waals surface area contributed by atoms with Gasteiger partial charge < -0.3 is 15.4 Å². The molecule has 1 fully saturated rings. The standard InChI is InChI=1S/C22H26FN3O5S/c1-15(21(27)25-18-6-3-7-19(13-18)31-2)24-22(28)16-5-4-12-26(14-16)32(29,30)20-10-8-17(23)9-11-20/h3,6-11,13,15-16H,4-5,12,14H2,1-2H3,(H,24,28)(H,25,27). The number of carbonyl (C=O) groups excluding carboxylic acids is 2. The van der Waals surface area contributed by atoms with Crippen molar-refractivity contribution in [3.8, 4) is 5.75 Å². The normalized spacial score (nSPS) is 17.9. The van der Waals surface area contributed by atoms with Gasteiger partial charge in [0.25, 0.3) is 0 Å². The molecule has 0 saturated carbocycles. The molecule has 0 aromatic heterocycles. The third-order valence-electron chi connectivity index (χ3n) is 5.30. The Bertz CT molecular complexity index is 1080. The number of piperidine rings is 1. The molecule has 10 heteroatoms. The van der Waals surface area contributed by atoms with Crippen molar-refractivity contribution >= 4 is 27.5 Å². The predicted molar refractivity (Wildman–Crippen MR) is 117 cm³/mol. The van der Waals surface area contributed by atoms with Gasteiger partial charge in [0.15, 0.2) is 0 Å². The fraction of sp³-hybridized carbons (Fsp3) is 0.364. The Morgan fingerprint density at radius 2 is 1.91 bits per heavy atom. The van der Waals surface area contributed by atoms with Gasteiger partial charge in [0.1, 0.15) is 17.6 Å². The number of hydrogen-bond donors (Lipinski definition) is 2. The lowest BCUT2D eigenvalue weighted by molar-refractivity contribution is -0.129. The number of hydrogen-bond acceptors (Lipinski definition) is 5. The average molecular weight is 464 g/mol. The Morgan fingerprint density at radius 1 is 1.19 bits per heavy atom. The minimum absolute atomic E-state index is 0.00420. The summed E-state index contributed by atoms with van der Waals surface area (Å²) >= 11 is 0. The van der Waals surface area contributed by atoms with Gasteiger partial charge in [0, 0.05) is 24.8 Å². The zero-order valence-corrected chi connectivity index (χ0v) is 18.7. The van der Waals surface area contributed by atoms with E-state index < -0.39 is 39.6 Å². The van der Waals surface area contributed by atoms with Gasteiger partial charge in [-0.05, 0) is 56.2 Å². The monoisotopic (exact) mass is 463 g/mol. The number of benzene rings is 2. The summed E-state index contributed by atoms with van der Waals surface area (Å²) in [5.41, 5.74) is 0.532. The van der Waals surface area contributed by atoms with Gasteiger partial charge in [-0.15, -0.1) is 0 Å². The van der Waals surface area contributed by atoms with Crippen molar-refractivity contribution in [3.63, 3.8) is 0 Å². The number of carbonyl (C=O) groups is 2. The van der Waals surface area contributed by atoms with Crippen LogP contribution in [0, 0.1) is 11.7 Å². The summed E-state index contributed by atoms with van der Waals surface area (Å²) in [6.45, 7) is 1.83. The first-order valence-electron chi connectivity index (χ1n) is 10.2. The van der Waals surface area contributed by atoms with E-state index in [2.05, 4.69) is 10.6 Å². The first kappa shape index (κ1) is 23.7. The number of sulfonamides is 1. The molecule has 2 N–H and O–H groups in total. The van der Waals surface area contributed by atoms with Crippen LogP contribution in [0.5, 0.6) is 5.75 Å². The Labute approximate surface area is 186 Å². The van der Waals surface area contributed by atoms with Crippen molar-refractivity contribution < 1.29 is 27.1 Å². The highest BCUT2D eigenvalue weighted by atomic mass is 32.2. The highest BCUT2D eigenvalue weighted by Crippen LogP contribution is 2.24. The van der Waals surface area contributed by atoms with Crippen LogP contribution in [-0.2, 0) is 19.6 Å². The topological polar surface area (TPSA) is 105 Å². The van der Waals surface area contributed by atoms with E-state index in [-0.39, 0.29) is 18.0 Å². The number of nitrogens with zero attached hydrogens (tertiary/aromatic N) is 1. The third kappa shape index (κ3) is 5.63. The van der Waals surface area contributed by atoms with Gasteiger partial charge in [-0.3, -0.25) is 9.59 Å². The molecule has 1 heterocycles. The summed E-state index contributed by atoms with van der Waals surface area (Å²) in [5, 5.41) is 5.38. The molecule has 0 spiro atoms. The number of nitrogens with one attached hydrogen (secondary N) is 2. The largest absolute Gasteiger partial charge is 0.497 e. The summed E-state index contributed by atoms with van der Waals surface area (Å²) in [6, 6.07) is 10.6. The highest BCUT2D eigenvalue weighted by molar-refractivity contribution is 7.89. The number of anilines is 1. The molecule has 2 aromatic carbocycles. The lowest BCUT2D eigenvalue weighted by atomic mass is 9.98. The van der Waals surface area contributed by atoms with E-state index in [1.165, 1.54) is 23.5 Å². The van der Waals surface area contributed by atoms with Crippen LogP contribution in [0.1, 0.15) is 19.8 Å². The fourth-order valence-electron chi connectivity index (χ4n) is 3.48. The first-order chi connectivity index (χ1) is 15.2. The van der Waals surface area contributed by atoms with E-state index in [0.29, 0.717) is 24.3 Å². The van der Waals surface area contributed by atoms with Crippen molar-refractivity contribution in [2.45, 2.75) is 30.7 Å². The van der Waals surface area contributed by atoms with Gasteiger partial charge in [-0.2, -0.15) is 4.31 Å². The van der Waals surface area contributed by atoms with Crippen LogP contribution >= 0.6 is 0 Å². The molecular formula is C22H26FN3O5S. The Kier molecular flexibility index (Phi) is 7.47. The van der Waals surface area contributed by atoms with Crippen LogP contribution in [-0.4, -0.2) is 50.8 Å². The van der Waals surface area contributed by atoms with Gasteiger partial charge in [-0.25, -0.2) is 12.8 Å². The van der Waals surface area contributed by atoms with Gasteiger partial charge in [0.05, 0.1) is 17.9 Å². The second-order valence-corrected chi connectivity index (χ2v) is 9.55. The molecule has 2 aromatic rings. The second kappa shape index (κ2) is 10.1. The van der Waals surface area contributed by atoms with Crippen LogP contribution in [0.2, 0.25) is 0 Å². The number of ether oxygens (including phenoxy) is 1. The first-order valence-corrected chi connectivity index (χ1v) is 11.7. The SMILES string of the molecule is COc1cccc(NC(=O)C(C)NC(=O)C2CCCN(S(=O)(=O)c3ccc(F)cc3)C2)c1. The van der Waals surface area contributed by atoms with Crippen LogP contribution in [0.4, 0.5) is 10.1 Å². The summed E-state index contributed by atoms with van der Waals surface area (Å²) in [5.74, 6) is -1.33. The minimum Gasteiger partial charge on any atom is -0.497 e. The summed E-state index contributed by atoms with van der Waals surface area (Å²) in [7, 11) is -2.32. The fourth-order valence-corrected chi connectivity index (χ4v) is 5.00. The smallest absolute Gasteiger partial charge is 0.246 e. The van der Waals surface area contributed by atoms with E-state index in [1.807, 2.05) is 0 Å². The third-order valence-corrected chi connectivity index (χ3v) is 7.18. The van der Waals surface area contributed by atoms with Crippen molar-refractivity contribution in [1.82, 2.24) is 9.62 Å². The summed E-state index contributed by atoms with van der Waals surface area (Å²) < 4.78 is 45.2. The molecule has 3 rings (SSSR count). The molecule has 1 aliphatic rings. The number of rotatable bonds is 7. The summed E-state index contributed by atoms with van der Waals surface area (Å²) in [4.78, 5) is 25.2. The molecule has 2 amide bonds. The molecule has 0 bridgehead atoms. The van der Waals surface area contributed by atoms with Crippen molar-refractivity contribution in [2.75, 3.05) is 25.5 Å². The maximum atomic E-state index is 13.1. The van der Waals surface area contributed by atoms with Gasteiger partial charge >= 0.3 is 0 Å². The van der Waals surface area contributed by atoms with E-state index in [1.54, 1.807) is 31.2 Å². The number of amides is 2. The molecule has 8 nitrogen and oxygen atoms in total. The van der Waals surface area contributed by atoms with E-state index >= 15 is 0 Å². The molecule has 32 heavy (non-hydrogen) atoms. The van der Waals surface area contributed by atoms with Crippen LogP contribution in [0.3, 0.4) is 0 Å². The molecular weight excluding hydrogens is 437 g/mol. The van der Waals surface area contributed by atoms with E-state index in [0.717, 1.165) is 12.1 Å². The highest BCUT2D eigenvalue weighted by Gasteiger charge is 2.34. The Balaban J connectivity index is 1.60. The molecule has 172 valence electrons. The molecule has 2 atom stereocenters. The zero-order valence-electron chi connectivity index (χ0n) is 17.9. The lowest BCUT2D eigenvalue weighted by Gasteiger charge is -2.31. The van der Waals surface area contributed by atoms with E-state index in [4.69, 9.17) is 4.74 Å². The van der Waals surface area contributed by atoms with Crippen molar-refractivity contribution in [1.29, 1.82) is 0 Å². The van der Waals surface area contributed by atoms with Gasteiger partial charge in [0.2, 0.25) is 21.8 Å². The van der Waals surface area contributed by atoms with Crippen LogP contribution < -0.4 is 15.4 Å². The molecule has 0 radical (unpaired) electrons. The second-order valence-electron chi connectivity index (χ2n) is 7.61. The average Bonchev–Trinajstić information content (AvgIpc) is 2.79. The maximum Gasteiger partial charge on any atom is 0.246 e. The Morgan fingerprint density at radius 3 is 2.59 bits per heavy atom. The summed E-state index contributed by atoms with van der Waals surface area (Å²) in [6.07, 6.45) is 1.01. The van der Waals surface area contributed by atoms with Gasteiger partial charge in [-0.1, -0.05) is 6.07 Å². The quantitative estimate of drug-likeness (QED) is 0.656. The maximum absolute atomic E-state index is 13.1. The lowest BCUT2D eigenvalue weighted by Crippen LogP contribution is -2.49. The number of methoxy groups -OCH3 is 1. The van der Waals surface area contributed by atoms with E-state index in [9.17, 15) is 22.4 Å². The molecule has 1 aliphatic heterocycles. The zero-order chi connectivity index (χ0) is 23.3. The predicted octanol–water partition coefficient (Wildman–Crippen LogP) is 2.38. The van der Waals surface area contributed by atoms with Crippen molar-refractivity contribution in [3.05, 3.63) is 54.3 Å². The molecule has 1 saturated heterocycles. The molecule has 2 unspecified atom stereocenters. The van der Waals surface area contributed by atoms with Crippen molar-refractivity contribution in [2.24, 2.45) is 5.92 Å². The molecule has 0 aliphatic carbocycles. The Hall–Kier alpha value is -2.98. The van der Waals surface area contributed by atoms with Crippen LogP contribution in [0.25, 0.3) is 0 Å².